The molecule has 0 fully saturated rings. The number of hydrogen-bond acceptors (Lipinski definition) is 6. The topological polar surface area (TPSA) is 72.4 Å². The fourth-order valence-electron chi connectivity index (χ4n) is 1.86. The van der Waals surface area contributed by atoms with E-state index in [0.29, 0.717) is 18.2 Å². The molecule has 0 N–H and O–H groups in total. The quantitative estimate of drug-likeness (QED) is 0.313. The van der Waals surface area contributed by atoms with E-state index >= 15 is 0 Å². The van der Waals surface area contributed by atoms with Crippen LogP contribution in [0.5, 0.6) is 0 Å². The summed E-state index contributed by atoms with van der Waals surface area (Å²) in [6.45, 7) is 12.0. The van der Waals surface area contributed by atoms with Crippen molar-refractivity contribution < 1.29 is 14.3 Å². The highest BCUT2D eigenvalue weighted by atomic mass is 32.2. The summed E-state index contributed by atoms with van der Waals surface area (Å²) < 4.78 is 5.01. The summed E-state index contributed by atoms with van der Waals surface area (Å²) in [6.07, 6.45) is 0. The van der Waals surface area contributed by atoms with Crippen molar-refractivity contribution in [2.45, 2.75) is 32.9 Å². The number of amides is 1. The van der Waals surface area contributed by atoms with Crippen molar-refractivity contribution in [2.24, 2.45) is 0 Å². The summed E-state index contributed by atoms with van der Waals surface area (Å²) in [6, 6.07) is 1.86. The van der Waals surface area contributed by atoms with Crippen molar-refractivity contribution in [3.63, 3.8) is 0 Å². The summed E-state index contributed by atoms with van der Waals surface area (Å²) in [5.41, 5.74) is 2.58. The molecule has 0 aromatic carbocycles. The van der Waals surface area contributed by atoms with E-state index in [2.05, 4.69) is 16.5 Å². The lowest BCUT2D eigenvalue weighted by molar-refractivity contribution is -0.149. The van der Waals surface area contributed by atoms with Gasteiger partial charge in [0.2, 0.25) is 0 Å². The van der Waals surface area contributed by atoms with Gasteiger partial charge in [-0.3, -0.25) is 9.59 Å². The first-order valence-electron chi connectivity index (χ1n) is 7.34. The van der Waals surface area contributed by atoms with E-state index in [1.807, 2.05) is 33.8 Å². The van der Waals surface area contributed by atoms with E-state index in [9.17, 15) is 9.59 Å². The molecule has 0 saturated heterocycles. The maximum absolute atomic E-state index is 12.0. The smallest absolute Gasteiger partial charge is 0.316 e. The van der Waals surface area contributed by atoms with E-state index in [4.69, 9.17) is 4.74 Å². The predicted octanol–water partition coefficient (Wildman–Crippen LogP) is 2.15. The highest BCUT2D eigenvalue weighted by Gasteiger charge is 2.15. The second-order valence-corrected chi connectivity index (χ2v) is 6.19. The molecule has 0 atom stereocenters. The number of likely N-dealkylation sites (N-methyl/N-ethyl adjacent to an activating group) is 1. The Morgan fingerprint density at radius 3 is 2.43 bits per heavy atom. The molecule has 0 aliphatic carbocycles. The first-order chi connectivity index (χ1) is 10.8. The highest BCUT2D eigenvalue weighted by Crippen LogP contribution is 2.14. The Bertz CT molecular complexity index is 570. The van der Waals surface area contributed by atoms with Gasteiger partial charge in [-0.1, -0.05) is 23.9 Å². The van der Waals surface area contributed by atoms with Crippen LogP contribution < -0.4 is 0 Å². The molecular weight excluding hydrogens is 314 g/mol. The summed E-state index contributed by atoms with van der Waals surface area (Å²) in [5.74, 6) is -0.614. The fraction of sp³-hybridized carbons (Fsp3) is 0.500. The predicted molar refractivity (Wildman–Crippen MR) is 90.3 cm³/mol. The van der Waals surface area contributed by atoms with E-state index in [1.54, 1.807) is 4.90 Å². The van der Waals surface area contributed by atoms with Gasteiger partial charge < -0.3 is 9.64 Å². The number of ether oxygens (including phenoxy) is 1. The number of aryl methyl sites for hydroxylation is 2. The Kier molecular flexibility index (Phi) is 7.74. The monoisotopic (exact) mass is 337 g/mol. The Hall–Kier alpha value is -1.89. The van der Waals surface area contributed by atoms with Crippen LogP contribution >= 0.6 is 11.8 Å². The standard InChI is InChI=1S/C16H23N3O3S/c1-6-19(8-11(2)3)14(20)9-22-15(21)10-23-16-17-12(4)7-13(5)18-16/h7H,2,6,8-10H2,1,3-5H3. The lowest BCUT2D eigenvalue weighted by Crippen LogP contribution is -2.35. The van der Waals surface area contributed by atoms with Gasteiger partial charge in [0.1, 0.15) is 0 Å². The minimum Gasteiger partial charge on any atom is -0.455 e. The molecule has 7 heteroatoms. The van der Waals surface area contributed by atoms with E-state index in [0.717, 1.165) is 17.0 Å². The summed E-state index contributed by atoms with van der Waals surface area (Å²) in [5, 5.41) is 0.531. The first kappa shape index (κ1) is 19.2. The van der Waals surface area contributed by atoms with Crippen molar-refractivity contribution in [3.8, 4) is 0 Å². The maximum Gasteiger partial charge on any atom is 0.316 e. The van der Waals surface area contributed by atoms with Crippen LogP contribution in [0, 0.1) is 13.8 Å². The van der Waals surface area contributed by atoms with Gasteiger partial charge in [-0.2, -0.15) is 0 Å². The van der Waals surface area contributed by atoms with Crippen LogP contribution in [-0.4, -0.2) is 52.2 Å². The van der Waals surface area contributed by atoms with Crippen LogP contribution in [0.2, 0.25) is 0 Å². The van der Waals surface area contributed by atoms with Crippen LogP contribution in [0.4, 0.5) is 0 Å². The van der Waals surface area contributed by atoms with Crippen LogP contribution in [0.15, 0.2) is 23.4 Å². The van der Waals surface area contributed by atoms with Gasteiger partial charge in [0, 0.05) is 24.5 Å². The van der Waals surface area contributed by atoms with Crippen molar-refractivity contribution >= 4 is 23.6 Å². The molecule has 0 aliphatic heterocycles. The van der Waals surface area contributed by atoms with Crippen LogP contribution in [-0.2, 0) is 14.3 Å². The molecule has 126 valence electrons. The second-order valence-electron chi connectivity index (χ2n) is 5.25. The van der Waals surface area contributed by atoms with Gasteiger partial charge in [-0.15, -0.1) is 0 Å². The van der Waals surface area contributed by atoms with Crippen LogP contribution in [0.1, 0.15) is 25.2 Å². The minimum atomic E-state index is -0.461. The Morgan fingerprint density at radius 1 is 1.30 bits per heavy atom. The molecule has 1 aromatic rings. The number of nitrogens with zero attached hydrogens (tertiary/aromatic N) is 3. The van der Waals surface area contributed by atoms with Crippen molar-refractivity contribution in [1.82, 2.24) is 14.9 Å². The number of carbonyl (C=O) groups excluding carboxylic acids is 2. The van der Waals surface area contributed by atoms with Gasteiger partial charge in [-0.25, -0.2) is 9.97 Å². The third kappa shape index (κ3) is 7.27. The molecule has 0 radical (unpaired) electrons. The third-order valence-corrected chi connectivity index (χ3v) is 3.65. The lowest BCUT2D eigenvalue weighted by Gasteiger charge is -2.20. The van der Waals surface area contributed by atoms with Gasteiger partial charge in [0.15, 0.2) is 11.8 Å². The largest absolute Gasteiger partial charge is 0.455 e. The summed E-state index contributed by atoms with van der Waals surface area (Å²) in [7, 11) is 0. The molecule has 0 aliphatic rings. The Balaban J connectivity index is 2.41. The number of esters is 1. The Morgan fingerprint density at radius 2 is 1.91 bits per heavy atom. The van der Waals surface area contributed by atoms with Gasteiger partial charge >= 0.3 is 5.97 Å². The molecule has 0 spiro atoms. The van der Waals surface area contributed by atoms with E-state index < -0.39 is 5.97 Å². The van der Waals surface area contributed by atoms with Gasteiger partial charge in [0.05, 0.1) is 5.75 Å². The van der Waals surface area contributed by atoms with Crippen molar-refractivity contribution in [1.29, 1.82) is 0 Å². The van der Waals surface area contributed by atoms with Gasteiger partial charge in [0.25, 0.3) is 5.91 Å². The number of thioether (sulfide) groups is 1. The molecule has 1 aromatic heterocycles. The van der Waals surface area contributed by atoms with E-state index in [-0.39, 0.29) is 18.3 Å². The molecule has 1 rings (SSSR count). The number of hydrogen-bond donors (Lipinski definition) is 0. The zero-order chi connectivity index (χ0) is 17.4. The summed E-state index contributed by atoms with van der Waals surface area (Å²) >= 11 is 1.20. The average molecular weight is 337 g/mol. The zero-order valence-electron chi connectivity index (χ0n) is 14.1. The highest BCUT2D eigenvalue weighted by molar-refractivity contribution is 7.99. The number of aromatic nitrogens is 2. The summed E-state index contributed by atoms with van der Waals surface area (Å²) in [4.78, 5) is 33.8. The molecule has 1 heterocycles. The average Bonchev–Trinajstić information content (AvgIpc) is 2.47. The lowest BCUT2D eigenvalue weighted by atomic mass is 10.3. The number of rotatable bonds is 8. The van der Waals surface area contributed by atoms with Crippen molar-refractivity contribution in [3.05, 3.63) is 29.6 Å². The molecule has 6 nitrogen and oxygen atoms in total. The maximum atomic E-state index is 12.0. The zero-order valence-corrected chi connectivity index (χ0v) is 14.9. The van der Waals surface area contributed by atoms with E-state index in [1.165, 1.54) is 11.8 Å². The normalized spacial score (nSPS) is 10.3. The minimum absolute atomic E-state index is 0.0722. The molecule has 0 unspecified atom stereocenters. The molecular formula is C16H23N3O3S. The van der Waals surface area contributed by atoms with Crippen LogP contribution in [0.3, 0.4) is 0 Å². The first-order valence-corrected chi connectivity index (χ1v) is 8.33. The SMILES string of the molecule is C=C(C)CN(CC)C(=O)COC(=O)CSc1nc(C)cc(C)n1. The molecule has 0 saturated carbocycles. The third-order valence-electron chi connectivity index (χ3n) is 2.83. The van der Waals surface area contributed by atoms with Crippen LogP contribution in [0.25, 0.3) is 0 Å². The molecule has 23 heavy (non-hydrogen) atoms. The van der Waals surface area contributed by atoms with Gasteiger partial charge in [-0.05, 0) is 33.8 Å². The second kappa shape index (κ2) is 9.29. The molecule has 1 amide bonds. The Labute approximate surface area is 141 Å². The van der Waals surface area contributed by atoms with Crippen molar-refractivity contribution in [2.75, 3.05) is 25.4 Å². The fourth-order valence-corrected chi connectivity index (χ4v) is 2.61. The number of carbonyl (C=O) groups is 2. The molecule has 0 bridgehead atoms.